The molecule has 2 aromatic carbocycles. The first-order chi connectivity index (χ1) is 12.2. The highest BCUT2D eigenvalue weighted by atomic mass is 32.2. The molecule has 140 valence electrons. The first-order valence-corrected chi connectivity index (χ1v) is 9.72. The maximum atomic E-state index is 12.4. The van der Waals surface area contributed by atoms with Crippen LogP contribution in [0.25, 0.3) is 0 Å². The predicted octanol–water partition coefficient (Wildman–Crippen LogP) is 2.64. The number of hydrogen-bond acceptors (Lipinski definition) is 4. The van der Waals surface area contributed by atoms with Crippen molar-refractivity contribution in [2.24, 2.45) is 0 Å². The molecular weight excluding hydrogens is 352 g/mol. The molecule has 0 aliphatic rings. The van der Waals surface area contributed by atoms with Crippen molar-refractivity contribution in [3.05, 3.63) is 53.6 Å². The van der Waals surface area contributed by atoms with Crippen LogP contribution in [-0.2, 0) is 14.8 Å². The number of methoxy groups -OCH3 is 1. The van der Waals surface area contributed by atoms with Gasteiger partial charge in [-0.15, -0.1) is 0 Å². The third kappa shape index (κ3) is 4.83. The largest absolute Gasteiger partial charge is 0.495 e. The lowest BCUT2D eigenvalue weighted by Gasteiger charge is -2.24. The van der Waals surface area contributed by atoms with Gasteiger partial charge in [-0.2, -0.15) is 0 Å². The van der Waals surface area contributed by atoms with E-state index < -0.39 is 10.0 Å². The van der Waals surface area contributed by atoms with E-state index in [0.29, 0.717) is 11.4 Å². The molecule has 7 heteroatoms. The van der Waals surface area contributed by atoms with Crippen molar-refractivity contribution in [2.75, 3.05) is 25.1 Å². The third-order valence-electron chi connectivity index (χ3n) is 3.96. The molecule has 0 saturated carbocycles. The van der Waals surface area contributed by atoms with Crippen LogP contribution in [0.5, 0.6) is 5.75 Å². The standard InChI is InChI=1S/C19H24N2O4S/c1-14-5-8-17(9-6-14)26(23,24)20-11-12-21(16(3)22)18-13-15(2)7-10-19(18)25-4/h5-10,13,20H,11-12H2,1-4H3. The lowest BCUT2D eigenvalue weighted by atomic mass is 10.2. The van der Waals surface area contributed by atoms with Crippen LogP contribution >= 0.6 is 0 Å². The molecule has 0 unspecified atom stereocenters. The van der Waals surface area contributed by atoms with Gasteiger partial charge in [0.05, 0.1) is 17.7 Å². The lowest BCUT2D eigenvalue weighted by Crippen LogP contribution is -2.37. The van der Waals surface area contributed by atoms with Crippen LogP contribution in [0.4, 0.5) is 5.69 Å². The quantitative estimate of drug-likeness (QED) is 0.806. The average molecular weight is 376 g/mol. The molecule has 0 radical (unpaired) electrons. The van der Waals surface area contributed by atoms with Gasteiger partial charge >= 0.3 is 0 Å². The molecule has 1 amide bonds. The molecule has 0 atom stereocenters. The molecule has 2 rings (SSSR count). The summed E-state index contributed by atoms with van der Waals surface area (Å²) >= 11 is 0. The highest BCUT2D eigenvalue weighted by molar-refractivity contribution is 7.89. The molecule has 0 fully saturated rings. The molecule has 0 aromatic heterocycles. The van der Waals surface area contributed by atoms with E-state index in [0.717, 1.165) is 11.1 Å². The Hall–Kier alpha value is -2.38. The lowest BCUT2D eigenvalue weighted by molar-refractivity contribution is -0.116. The Morgan fingerprint density at radius 1 is 1.08 bits per heavy atom. The summed E-state index contributed by atoms with van der Waals surface area (Å²) in [6.45, 7) is 5.54. The van der Waals surface area contributed by atoms with Crippen molar-refractivity contribution in [1.29, 1.82) is 0 Å². The van der Waals surface area contributed by atoms with Crippen LogP contribution in [0, 0.1) is 13.8 Å². The van der Waals surface area contributed by atoms with Crippen LogP contribution < -0.4 is 14.4 Å². The highest BCUT2D eigenvalue weighted by Gasteiger charge is 2.18. The minimum atomic E-state index is -3.62. The Bertz CT molecular complexity index is 877. The Morgan fingerprint density at radius 2 is 1.69 bits per heavy atom. The summed E-state index contributed by atoms with van der Waals surface area (Å²) in [5, 5.41) is 0. The fraction of sp³-hybridized carbons (Fsp3) is 0.316. The summed E-state index contributed by atoms with van der Waals surface area (Å²) < 4.78 is 32.6. The van der Waals surface area contributed by atoms with Gasteiger partial charge in [-0.25, -0.2) is 13.1 Å². The number of nitrogens with one attached hydrogen (secondary N) is 1. The molecule has 0 spiro atoms. The van der Waals surface area contributed by atoms with E-state index in [4.69, 9.17) is 4.74 Å². The van der Waals surface area contributed by atoms with Crippen molar-refractivity contribution < 1.29 is 17.9 Å². The maximum Gasteiger partial charge on any atom is 0.240 e. The van der Waals surface area contributed by atoms with E-state index in [-0.39, 0.29) is 23.9 Å². The van der Waals surface area contributed by atoms with Gasteiger partial charge in [-0.05, 0) is 43.7 Å². The highest BCUT2D eigenvalue weighted by Crippen LogP contribution is 2.29. The summed E-state index contributed by atoms with van der Waals surface area (Å²) in [6.07, 6.45) is 0. The van der Waals surface area contributed by atoms with E-state index in [1.165, 1.54) is 18.9 Å². The fourth-order valence-electron chi connectivity index (χ4n) is 2.55. The maximum absolute atomic E-state index is 12.4. The molecule has 0 bridgehead atoms. The van der Waals surface area contributed by atoms with Gasteiger partial charge in [-0.1, -0.05) is 23.8 Å². The van der Waals surface area contributed by atoms with Crippen LogP contribution in [0.1, 0.15) is 18.1 Å². The molecule has 0 aliphatic heterocycles. The van der Waals surface area contributed by atoms with Gasteiger partial charge in [0.1, 0.15) is 5.75 Å². The first kappa shape index (κ1) is 19.9. The van der Waals surface area contributed by atoms with Gasteiger partial charge in [-0.3, -0.25) is 4.79 Å². The summed E-state index contributed by atoms with van der Waals surface area (Å²) in [4.78, 5) is 13.8. The molecule has 6 nitrogen and oxygen atoms in total. The molecule has 0 saturated heterocycles. The Balaban J connectivity index is 2.14. The zero-order chi connectivity index (χ0) is 19.3. The Morgan fingerprint density at radius 3 is 2.27 bits per heavy atom. The summed E-state index contributed by atoms with van der Waals surface area (Å²) in [5.74, 6) is 0.371. The second kappa shape index (κ2) is 8.33. The van der Waals surface area contributed by atoms with Gasteiger partial charge in [0.25, 0.3) is 0 Å². The second-order valence-corrected chi connectivity index (χ2v) is 7.82. The summed E-state index contributed by atoms with van der Waals surface area (Å²) in [7, 11) is -2.09. The van der Waals surface area contributed by atoms with Crippen molar-refractivity contribution in [1.82, 2.24) is 4.72 Å². The normalized spacial score (nSPS) is 11.2. The minimum absolute atomic E-state index is 0.0902. The number of ether oxygens (including phenoxy) is 1. The number of aryl methyl sites for hydroxylation is 2. The van der Waals surface area contributed by atoms with Crippen molar-refractivity contribution in [2.45, 2.75) is 25.7 Å². The zero-order valence-electron chi connectivity index (χ0n) is 15.4. The zero-order valence-corrected chi connectivity index (χ0v) is 16.3. The number of rotatable bonds is 7. The van der Waals surface area contributed by atoms with Gasteiger partial charge in [0, 0.05) is 20.0 Å². The second-order valence-electron chi connectivity index (χ2n) is 6.06. The number of anilines is 1. The number of carbonyl (C=O) groups is 1. The van der Waals surface area contributed by atoms with E-state index in [2.05, 4.69) is 4.72 Å². The Labute approximate surface area is 154 Å². The van der Waals surface area contributed by atoms with Crippen LogP contribution in [0.3, 0.4) is 0 Å². The molecule has 26 heavy (non-hydrogen) atoms. The van der Waals surface area contributed by atoms with Gasteiger partial charge < -0.3 is 9.64 Å². The van der Waals surface area contributed by atoms with Crippen LogP contribution in [0.2, 0.25) is 0 Å². The van der Waals surface area contributed by atoms with Crippen molar-refractivity contribution in [3.8, 4) is 5.75 Å². The summed E-state index contributed by atoms with van der Waals surface area (Å²) in [5.41, 5.74) is 2.58. The Kier molecular flexibility index (Phi) is 6.39. The summed E-state index contributed by atoms with van der Waals surface area (Å²) in [6, 6.07) is 12.1. The number of hydrogen-bond donors (Lipinski definition) is 1. The molecule has 0 aliphatic carbocycles. The van der Waals surface area contributed by atoms with Crippen LogP contribution in [-0.4, -0.2) is 34.5 Å². The molecule has 1 N–H and O–H groups in total. The van der Waals surface area contributed by atoms with Gasteiger partial charge in [0.2, 0.25) is 15.9 Å². The molecule has 2 aromatic rings. The van der Waals surface area contributed by atoms with E-state index in [1.54, 1.807) is 30.3 Å². The fourth-order valence-corrected chi connectivity index (χ4v) is 3.57. The topological polar surface area (TPSA) is 75.7 Å². The monoisotopic (exact) mass is 376 g/mol. The number of nitrogens with zero attached hydrogens (tertiary/aromatic N) is 1. The van der Waals surface area contributed by atoms with Crippen molar-refractivity contribution >= 4 is 21.6 Å². The predicted molar refractivity (Wildman–Crippen MR) is 102 cm³/mol. The van der Waals surface area contributed by atoms with Crippen molar-refractivity contribution in [3.63, 3.8) is 0 Å². The number of amides is 1. The number of sulfonamides is 1. The van der Waals surface area contributed by atoms with Gasteiger partial charge in [0.15, 0.2) is 0 Å². The van der Waals surface area contributed by atoms with E-state index >= 15 is 0 Å². The van der Waals surface area contributed by atoms with E-state index in [9.17, 15) is 13.2 Å². The SMILES string of the molecule is COc1ccc(C)cc1N(CCNS(=O)(=O)c1ccc(C)cc1)C(C)=O. The average Bonchev–Trinajstić information content (AvgIpc) is 2.58. The first-order valence-electron chi connectivity index (χ1n) is 8.23. The van der Waals surface area contributed by atoms with E-state index in [1.807, 2.05) is 26.0 Å². The number of benzene rings is 2. The van der Waals surface area contributed by atoms with Crippen LogP contribution in [0.15, 0.2) is 47.4 Å². The third-order valence-corrected chi connectivity index (χ3v) is 5.44. The molecule has 0 heterocycles. The minimum Gasteiger partial charge on any atom is -0.495 e. The smallest absolute Gasteiger partial charge is 0.240 e. The molecular formula is C19H24N2O4S. The number of carbonyl (C=O) groups excluding carboxylic acids is 1.